The summed E-state index contributed by atoms with van der Waals surface area (Å²) in [7, 11) is 0. The van der Waals surface area contributed by atoms with Gasteiger partial charge in [0.15, 0.2) is 0 Å². The zero-order chi connectivity index (χ0) is 22.9. The molecule has 0 bridgehead atoms. The van der Waals surface area contributed by atoms with E-state index in [0.717, 1.165) is 21.9 Å². The maximum Gasteiger partial charge on any atom is 0.411 e. The Bertz CT molecular complexity index is 1570. The molecule has 33 heavy (non-hydrogen) atoms. The van der Waals surface area contributed by atoms with Crippen molar-refractivity contribution in [3.05, 3.63) is 98.9 Å². The van der Waals surface area contributed by atoms with Gasteiger partial charge in [-0.1, -0.05) is 53.5 Å². The van der Waals surface area contributed by atoms with Gasteiger partial charge in [-0.05, 0) is 47.3 Å². The summed E-state index contributed by atoms with van der Waals surface area (Å²) in [6.45, 7) is 0.0428. The van der Waals surface area contributed by atoms with E-state index in [-0.39, 0.29) is 12.2 Å². The number of H-pyrrole nitrogens is 2. The molecule has 2 heterocycles. The number of benzene rings is 3. The summed E-state index contributed by atoms with van der Waals surface area (Å²) in [4.78, 5) is 31.1. The standard InChI is InChI=1S/C25H17Cl2N3O3/c26-20-8-5-14(9-21(20)27)13-33-25(32)29-16-7-6-15-10-18(24(31)30-23(15)11-16)19-12-28-22-4-2-1-3-17(19)22/h1-12,28H,13H2,(H,29,32)(H,30,31). The number of ether oxygens (including phenoxy) is 1. The summed E-state index contributed by atoms with van der Waals surface area (Å²) < 4.78 is 5.24. The van der Waals surface area contributed by atoms with E-state index in [0.29, 0.717) is 32.4 Å². The predicted molar refractivity (Wildman–Crippen MR) is 132 cm³/mol. The molecule has 8 heteroatoms. The maximum absolute atomic E-state index is 12.8. The molecule has 0 aliphatic heterocycles. The van der Waals surface area contributed by atoms with Crippen LogP contribution >= 0.6 is 23.2 Å². The quantitative estimate of drug-likeness (QED) is 0.268. The van der Waals surface area contributed by atoms with Gasteiger partial charge in [0.1, 0.15) is 6.61 Å². The highest BCUT2D eigenvalue weighted by Gasteiger charge is 2.12. The fourth-order valence-electron chi connectivity index (χ4n) is 3.71. The van der Waals surface area contributed by atoms with Crippen molar-refractivity contribution >= 4 is 56.8 Å². The van der Waals surface area contributed by atoms with Crippen molar-refractivity contribution in [2.75, 3.05) is 5.32 Å². The van der Waals surface area contributed by atoms with E-state index >= 15 is 0 Å². The Kier molecular flexibility index (Phi) is 5.54. The molecule has 1 amide bonds. The first-order chi connectivity index (χ1) is 16.0. The number of halogens is 2. The van der Waals surface area contributed by atoms with Gasteiger partial charge in [-0.2, -0.15) is 0 Å². The van der Waals surface area contributed by atoms with E-state index in [1.807, 2.05) is 42.6 Å². The average Bonchev–Trinajstić information content (AvgIpc) is 3.23. The predicted octanol–water partition coefficient (Wildman–Crippen LogP) is 6.73. The Morgan fingerprint density at radius 3 is 2.61 bits per heavy atom. The van der Waals surface area contributed by atoms with Crippen LogP contribution in [0.5, 0.6) is 0 Å². The highest BCUT2D eigenvalue weighted by Crippen LogP contribution is 2.28. The average molecular weight is 478 g/mol. The van der Waals surface area contributed by atoms with Gasteiger partial charge < -0.3 is 14.7 Å². The number of hydrogen-bond donors (Lipinski definition) is 3. The lowest BCUT2D eigenvalue weighted by Crippen LogP contribution is -2.14. The topological polar surface area (TPSA) is 87.0 Å². The van der Waals surface area contributed by atoms with Crippen molar-refractivity contribution in [1.82, 2.24) is 9.97 Å². The van der Waals surface area contributed by atoms with Crippen molar-refractivity contribution in [3.8, 4) is 11.1 Å². The number of hydrogen-bond acceptors (Lipinski definition) is 3. The van der Waals surface area contributed by atoms with Gasteiger partial charge in [-0.25, -0.2) is 4.79 Å². The zero-order valence-corrected chi connectivity index (χ0v) is 18.6. The van der Waals surface area contributed by atoms with E-state index in [4.69, 9.17) is 27.9 Å². The van der Waals surface area contributed by atoms with Crippen molar-refractivity contribution in [2.24, 2.45) is 0 Å². The first-order valence-electron chi connectivity index (χ1n) is 10.1. The lowest BCUT2D eigenvalue weighted by molar-refractivity contribution is 0.155. The Labute approximate surface area is 198 Å². The van der Waals surface area contributed by atoms with E-state index < -0.39 is 6.09 Å². The monoisotopic (exact) mass is 477 g/mol. The first kappa shape index (κ1) is 21.1. The molecule has 0 aliphatic carbocycles. The number of pyridine rings is 1. The Balaban J connectivity index is 1.35. The van der Waals surface area contributed by atoms with Crippen LogP contribution in [0.1, 0.15) is 5.56 Å². The second-order valence-corrected chi connectivity index (χ2v) is 8.33. The fourth-order valence-corrected chi connectivity index (χ4v) is 4.03. The number of anilines is 1. The minimum atomic E-state index is -0.627. The number of carbonyl (C=O) groups excluding carboxylic acids is 1. The second-order valence-electron chi connectivity index (χ2n) is 7.51. The molecule has 3 N–H and O–H groups in total. The van der Waals surface area contributed by atoms with Crippen LogP contribution in [0.3, 0.4) is 0 Å². The van der Waals surface area contributed by atoms with Gasteiger partial charge in [0.05, 0.1) is 15.6 Å². The number of nitrogens with one attached hydrogen (secondary N) is 3. The normalized spacial score (nSPS) is 11.1. The molecule has 3 aromatic carbocycles. The lowest BCUT2D eigenvalue weighted by atomic mass is 10.0. The van der Waals surface area contributed by atoms with E-state index in [1.54, 1.807) is 30.3 Å². The van der Waals surface area contributed by atoms with Gasteiger partial charge in [-0.3, -0.25) is 10.1 Å². The maximum atomic E-state index is 12.8. The molecule has 0 unspecified atom stereocenters. The van der Waals surface area contributed by atoms with E-state index in [2.05, 4.69) is 15.3 Å². The molecular formula is C25H17Cl2N3O3. The zero-order valence-electron chi connectivity index (χ0n) is 17.1. The number of amides is 1. The number of rotatable bonds is 4. The lowest BCUT2D eigenvalue weighted by Gasteiger charge is -2.09. The third-order valence-electron chi connectivity index (χ3n) is 5.33. The minimum absolute atomic E-state index is 0.0428. The molecule has 0 aliphatic rings. The number of carbonyl (C=O) groups is 1. The first-order valence-corrected chi connectivity index (χ1v) is 10.8. The van der Waals surface area contributed by atoms with Crippen LogP contribution in [0, 0.1) is 0 Å². The number of aromatic amines is 2. The Morgan fingerprint density at radius 2 is 1.76 bits per heavy atom. The summed E-state index contributed by atoms with van der Waals surface area (Å²) in [6, 6.07) is 19.9. The summed E-state index contributed by atoms with van der Waals surface area (Å²) in [6.07, 6.45) is 1.21. The van der Waals surface area contributed by atoms with Crippen molar-refractivity contribution < 1.29 is 9.53 Å². The molecule has 0 radical (unpaired) electrons. The molecule has 0 atom stereocenters. The molecule has 164 valence electrons. The summed E-state index contributed by atoms with van der Waals surface area (Å²) in [5.41, 5.74) is 3.97. The van der Waals surface area contributed by atoms with Gasteiger partial charge in [0, 0.05) is 33.9 Å². The number of aromatic nitrogens is 2. The summed E-state index contributed by atoms with van der Waals surface area (Å²) in [5, 5.41) is 5.31. The molecular weight excluding hydrogens is 461 g/mol. The highest BCUT2D eigenvalue weighted by atomic mass is 35.5. The summed E-state index contributed by atoms with van der Waals surface area (Å²) in [5.74, 6) is 0. The Hall–Kier alpha value is -3.74. The minimum Gasteiger partial charge on any atom is -0.444 e. The Morgan fingerprint density at radius 1 is 0.909 bits per heavy atom. The van der Waals surface area contributed by atoms with Crippen LogP contribution in [0.4, 0.5) is 10.5 Å². The van der Waals surface area contributed by atoms with Gasteiger partial charge in [-0.15, -0.1) is 0 Å². The molecule has 0 spiro atoms. The van der Waals surface area contributed by atoms with Gasteiger partial charge >= 0.3 is 6.09 Å². The van der Waals surface area contributed by atoms with E-state index in [1.165, 1.54) is 0 Å². The SMILES string of the molecule is O=C(Nc1ccc2cc(-c3c[nH]c4ccccc34)c(=O)[nH]c2c1)OCc1ccc(Cl)c(Cl)c1. The highest BCUT2D eigenvalue weighted by molar-refractivity contribution is 6.42. The van der Waals surface area contributed by atoms with Crippen LogP contribution in [0.15, 0.2) is 77.7 Å². The molecule has 5 aromatic rings. The van der Waals surface area contributed by atoms with Crippen molar-refractivity contribution in [2.45, 2.75) is 6.61 Å². The second kappa shape index (κ2) is 8.65. The van der Waals surface area contributed by atoms with Gasteiger partial charge in [0.25, 0.3) is 5.56 Å². The largest absolute Gasteiger partial charge is 0.444 e. The third-order valence-corrected chi connectivity index (χ3v) is 6.06. The molecule has 0 saturated heterocycles. The van der Waals surface area contributed by atoms with E-state index in [9.17, 15) is 9.59 Å². The fraction of sp³-hybridized carbons (Fsp3) is 0.0400. The van der Waals surface area contributed by atoms with Gasteiger partial charge in [0.2, 0.25) is 0 Å². The number of fused-ring (bicyclic) bond motifs is 2. The molecule has 0 fully saturated rings. The van der Waals surface area contributed by atoms with Crippen LogP contribution in [-0.4, -0.2) is 16.1 Å². The third kappa shape index (κ3) is 4.31. The van der Waals surface area contributed by atoms with Crippen molar-refractivity contribution in [1.29, 1.82) is 0 Å². The molecule has 5 rings (SSSR count). The smallest absolute Gasteiger partial charge is 0.411 e. The van der Waals surface area contributed by atoms with Crippen LogP contribution in [0.2, 0.25) is 10.0 Å². The summed E-state index contributed by atoms with van der Waals surface area (Å²) >= 11 is 11.9. The number of para-hydroxylation sites is 1. The van der Waals surface area contributed by atoms with Crippen LogP contribution < -0.4 is 10.9 Å². The van der Waals surface area contributed by atoms with Crippen molar-refractivity contribution in [3.63, 3.8) is 0 Å². The van der Waals surface area contributed by atoms with Crippen LogP contribution in [-0.2, 0) is 11.3 Å². The molecule has 6 nitrogen and oxygen atoms in total. The molecule has 0 saturated carbocycles. The molecule has 2 aromatic heterocycles. The van der Waals surface area contributed by atoms with Crippen LogP contribution in [0.25, 0.3) is 32.9 Å².